The lowest BCUT2D eigenvalue weighted by Crippen LogP contribution is -2.34. The van der Waals surface area contributed by atoms with Crippen molar-refractivity contribution in [3.05, 3.63) is 29.3 Å². The molecule has 1 unspecified atom stereocenters. The van der Waals surface area contributed by atoms with Crippen molar-refractivity contribution in [1.82, 2.24) is 0 Å². The predicted molar refractivity (Wildman–Crippen MR) is 82.5 cm³/mol. The van der Waals surface area contributed by atoms with Crippen LogP contribution in [0.5, 0.6) is 0 Å². The molecule has 2 N–H and O–H groups in total. The van der Waals surface area contributed by atoms with Crippen LogP contribution in [0.2, 0.25) is 0 Å². The van der Waals surface area contributed by atoms with E-state index in [9.17, 15) is 8.42 Å². The molecule has 1 aromatic carbocycles. The van der Waals surface area contributed by atoms with E-state index in [1.165, 1.54) is 0 Å². The molecule has 2 rings (SSSR count). The summed E-state index contributed by atoms with van der Waals surface area (Å²) in [6.07, 6.45) is 0.656. The largest absolute Gasteiger partial charge is 0.389 e. The number of thiocarbonyl (C=S) groups is 1. The van der Waals surface area contributed by atoms with Crippen molar-refractivity contribution in [3.8, 4) is 0 Å². The smallest absolute Gasteiger partial charge is 0.152 e. The zero-order valence-corrected chi connectivity index (χ0v) is 12.7. The molecule has 1 atom stereocenters. The molecule has 0 spiro atoms. The highest BCUT2D eigenvalue weighted by Crippen LogP contribution is 2.27. The normalized spacial score (nSPS) is 21.3. The van der Waals surface area contributed by atoms with Crippen LogP contribution in [0, 0.1) is 6.92 Å². The number of rotatable bonds is 3. The Kier molecular flexibility index (Phi) is 3.82. The number of benzene rings is 1. The van der Waals surface area contributed by atoms with Gasteiger partial charge in [-0.3, -0.25) is 0 Å². The van der Waals surface area contributed by atoms with Gasteiger partial charge in [0.25, 0.3) is 0 Å². The summed E-state index contributed by atoms with van der Waals surface area (Å²) in [5.74, 6) is 0.463. The van der Waals surface area contributed by atoms with Gasteiger partial charge in [0.2, 0.25) is 0 Å². The number of nitrogens with zero attached hydrogens (tertiary/aromatic N) is 1. The second-order valence-electron chi connectivity index (χ2n) is 5.05. The number of aryl methyl sites for hydroxylation is 1. The van der Waals surface area contributed by atoms with Gasteiger partial charge in [-0.15, -0.1) is 0 Å². The Morgan fingerprint density at radius 3 is 2.68 bits per heavy atom. The van der Waals surface area contributed by atoms with Gasteiger partial charge in [0.1, 0.15) is 4.99 Å². The first-order chi connectivity index (χ1) is 8.80. The molecule has 1 saturated heterocycles. The van der Waals surface area contributed by atoms with Crippen molar-refractivity contribution in [2.24, 2.45) is 5.73 Å². The van der Waals surface area contributed by atoms with Gasteiger partial charge in [-0.05, 0) is 25.5 Å². The summed E-state index contributed by atoms with van der Waals surface area (Å²) in [4.78, 5) is 2.32. The van der Waals surface area contributed by atoms with Gasteiger partial charge in [-0.1, -0.05) is 23.8 Å². The highest BCUT2D eigenvalue weighted by Gasteiger charge is 2.31. The first-order valence-corrected chi connectivity index (χ1v) is 8.37. The van der Waals surface area contributed by atoms with E-state index in [4.69, 9.17) is 18.0 Å². The molecule has 0 bridgehead atoms. The lowest BCUT2D eigenvalue weighted by Gasteiger charge is -2.28. The Balaban J connectivity index is 2.34. The summed E-state index contributed by atoms with van der Waals surface area (Å²) in [6, 6.07) is 5.88. The fourth-order valence-electron chi connectivity index (χ4n) is 2.43. The van der Waals surface area contributed by atoms with Crippen molar-refractivity contribution in [1.29, 1.82) is 0 Å². The Labute approximate surface area is 119 Å². The zero-order chi connectivity index (χ0) is 14.2. The van der Waals surface area contributed by atoms with Crippen molar-refractivity contribution >= 4 is 32.7 Å². The molecule has 1 fully saturated rings. The van der Waals surface area contributed by atoms with Crippen LogP contribution < -0.4 is 10.6 Å². The minimum Gasteiger partial charge on any atom is -0.389 e. The topological polar surface area (TPSA) is 63.4 Å². The Hall–Kier alpha value is -1.14. The average Bonchev–Trinajstić information content (AvgIpc) is 2.68. The van der Waals surface area contributed by atoms with Crippen molar-refractivity contribution in [2.45, 2.75) is 19.4 Å². The van der Waals surface area contributed by atoms with E-state index in [1.807, 2.05) is 37.1 Å². The number of nitrogens with two attached hydrogens (primary N) is 1. The van der Waals surface area contributed by atoms with Crippen LogP contribution in [0.4, 0.5) is 5.69 Å². The van der Waals surface area contributed by atoms with Crippen molar-refractivity contribution in [2.75, 3.05) is 23.5 Å². The molecule has 1 heterocycles. The molecule has 0 aliphatic carbocycles. The second-order valence-corrected chi connectivity index (χ2v) is 7.72. The summed E-state index contributed by atoms with van der Waals surface area (Å²) in [6.45, 7) is 1.98. The molecule has 1 aromatic rings. The van der Waals surface area contributed by atoms with Gasteiger partial charge in [0.05, 0.1) is 11.5 Å². The number of sulfone groups is 1. The van der Waals surface area contributed by atoms with Crippen LogP contribution in [0.25, 0.3) is 0 Å². The second kappa shape index (κ2) is 5.09. The first kappa shape index (κ1) is 14.3. The van der Waals surface area contributed by atoms with Crippen LogP contribution in [-0.2, 0) is 9.84 Å². The fourth-order valence-corrected chi connectivity index (χ4v) is 4.37. The van der Waals surface area contributed by atoms with Crippen LogP contribution in [-0.4, -0.2) is 38.0 Å². The Bertz CT molecular complexity index is 611. The third-order valence-corrected chi connectivity index (χ3v) is 5.52. The highest BCUT2D eigenvalue weighted by atomic mass is 32.2. The van der Waals surface area contributed by atoms with Gasteiger partial charge in [0, 0.05) is 24.3 Å². The average molecular weight is 298 g/mol. The molecular formula is C13H18N2O2S2. The molecule has 1 aliphatic rings. The van der Waals surface area contributed by atoms with E-state index in [2.05, 4.69) is 0 Å². The van der Waals surface area contributed by atoms with E-state index in [0.717, 1.165) is 16.8 Å². The molecule has 0 saturated carbocycles. The van der Waals surface area contributed by atoms with Gasteiger partial charge < -0.3 is 10.6 Å². The third kappa shape index (κ3) is 3.06. The van der Waals surface area contributed by atoms with Crippen LogP contribution in [0.3, 0.4) is 0 Å². The maximum Gasteiger partial charge on any atom is 0.152 e. The van der Waals surface area contributed by atoms with E-state index < -0.39 is 9.84 Å². The summed E-state index contributed by atoms with van der Waals surface area (Å²) in [5.41, 5.74) is 8.55. The fraction of sp³-hybridized carbons (Fsp3) is 0.462. The summed E-state index contributed by atoms with van der Waals surface area (Å²) in [7, 11) is -0.995. The first-order valence-electron chi connectivity index (χ1n) is 6.14. The van der Waals surface area contributed by atoms with E-state index in [-0.39, 0.29) is 17.5 Å². The SMILES string of the molecule is Cc1ccc(N(C)C2CCS(=O)(=O)C2)c(C(N)=S)c1. The molecule has 0 amide bonds. The summed E-state index contributed by atoms with van der Waals surface area (Å²) in [5, 5.41) is 0. The van der Waals surface area contributed by atoms with Crippen LogP contribution in [0.1, 0.15) is 17.5 Å². The minimum absolute atomic E-state index is 0.000746. The molecule has 19 heavy (non-hydrogen) atoms. The molecule has 1 aliphatic heterocycles. The molecule has 0 aromatic heterocycles. The minimum atomic E-state index is -2.90. The highest BCUT2D eigenvalue weighted by molar-refractivity contribution is 7.91. The lowest BCUT2D eigenvalue weighted by molar-refractivity contribution is 0.601. The standard InChI is InChI=1S/C13H18N2O2S2/c1-9-3-4-12(11(7-9)13(14)18)15(2)10-5-6-19(16,17)8-10/h3-4,7,10H,5-6,8H2,1-2H3,(H2,14,18). The molecule has 4 nitrogen and oxygen atoms in total. The van der Waals surface area contributed by atoms with Gasteiger partial charge in [-0.25, -0.2) is 8.42 Å². The van der Waals surface area contributed by atoms with Crippen LogP contribution in [0.15, 0.2) is 18.2 Å². The van der Waals surface area contributed by atoms with Crippen LogP contribution >= 0.6 is 12.2 Å². The quantitative estimate of drug-likeness (QED) is 0.851. The predicted octanol–water partition coefficient (Wildman–Crippen LogP) is 1.25. The van der Waals surface area contributed by atoms with E-state index in [1.54, 1.807) is 0 Å². The molecule has 104 valence electrons. The maximum atomic E-state index is 11.6. The molecule has 6 heteroatoms. The van der Waals surface area contributed by atoms with Crippen molar-refractivity contribution in [3.63, 3.8) is 0 Å². The number of anilines is 1. The maximum absolute atomic E-state index is 11.6. The summed E-state index contributed by atoms with van der Waals surface area (Å²) < 4.78 is 23.1. The Morgan fingerprint density at radius 1 is 1.47 bits per heavy atom. The lowest BCUT2D eigenvalue weighted by atomic mass is 10.1. The third-order valence-electron chi connectivity index (χ3n) is 3.55. The monoisotopic (exact) mass is 298 g/mol. The van der Waals surface area contributed by atoms with E-state index >= 15 is 0 Å². The number of hydrogen-bond donors (Lipinski definition) is 1. The molecular weight excluding hydrogens is 280 g/mol. The van der Waals surface area contributed by atoms with Gasteiger partial charge in [0.15, 0.2) is 9.84 Å². The number of hydrogen-bond acceptors (Lipinski definition) is 4. The summed E-state index contributed by atoms with van der Waals surface area (Å²) >= 11 is 5.08. The van der Waals surface area contributed by atoms with Gasteiger partial charge >= 0.3 is 0 Å². The van der Waals surface area contributed by atoms with E-state index in [0.29, 0.717) is 11.4 Å². The van der Waals surface area contributed by atoms with Gasteiger partial charge in [-0.2, -0.15) is 0 Å². The Morgan fingerprint density at radius 2 is 2.16 bits per heavy atom. The zero-order valence-electron chi connectivity index (χ0n) is 11.1. The van der Waals surface area contributed by atoms with Crippen molar-refractivity contribution < 1.29 is 8.42 Å². The molecule has 0 radical (unpaired) electrons.